The monoisotopic (exact) mass is 339 g/mol. The number of hydrogen-bond donors (Lipinski definition) is 1. The fourth-order valence-electron chi connectivity index (χ4n) is 1.65. The Morgan fingerprint density at radius 2 is 2.33 bits per heavy atom. The number of amides is 1. The average molecular weight is 340 g/mol. The Morgan fingerprint density at radius 1 is 1.57 bits per heavy atom. The Morgan fingerprint density at radius 3 is 2.90 bits per heavy atom. The molecule has 1 amide bonds. The number of nitrogens with one attached hydrogen (secondary N) is 1. The van der Waals surface area contributed by atoms with Crippen molar-refractivity contribution in [3.05, 3.63) is 27.6 Å². The number of rotatable bonds is 4. The highest BCUT2D eigenvalue weighted by molar-refractivity contribution is 8.26. The first-order valence-corrected chi connectivity index (χ1v) is 7.34. The molecule has 0 atom stereocenters. The van der Waals surface area contributed by atoms with Gasteiger partial charge in [-0.25, -0.2) is 0 Å². The summed E-state index contributed by atoms with van der Waals surface area (Å²) in [5.41, 5.74) is 0.701. The van der Waals surface area contributed by atoms with E-state index >= 15 is 0 Å². The Labute approximate surface area is 136 Å². The van der Waals surface area contributed by atoms with Crippen molar-refractivity contribution in [1.82, 2.24) is 5.32 Å². The largest absolute Gasteiger partial charge is 0.493 e. The molecule has 4 nitrogen and oxygen atoms in total. The van der Waals surface area contributed by atoms with Crippen LogP contribution in [-0.4, -0.2) is 23.9 Å². The van der Waals surface area contributed by atoms with E-state index in [2.05, 4.69) is 11.2 Å². The van der Waals surface area contributed by atoms with E-state index in [1.54, 1.807) is 18.2 Å². The molecule has 1 aliphatic heterocycles. The van der Waals surface area contributed by atoms with Crippen molar-refractivity contribution in [1.29, 1.82) is 0 Å². The van der Waals surface area contributed by atoms with Crippen LogP contribution in [0.4, 0.5) is 0 Å². The minimum atomic E-state index is -0.229. The topological polar surface area (TPSA) is 47.6 Å². The summed E-state index contributed by atoms with van der Waals surface area (Å²) < 4.78 is 11.0. The van der Waals surface area contributed by atoms with Gasteiger partial charge in [-0.1, -0.05) is 41.5 Å². The van der Waals surface area contributed by atoms with E-state index in [0.717, 1.165) is 0 Å². The molecule has 1 saturated heterocycles. The first-order chi connectivity index (χ1) is 10.0. The van der Waals surface area contributed by atoms with Gasteiger partial charge in [0.05, 0.1) is 17.0 Å². The van der Waals surface area contributed by atoms with Gasteiger partial charge in [-0.05, 0) is 23.8 Å². The summed E-state index contributed by atoms with van der Waals surface area (Å²) in [7, 11) is 1.50. The molecule has 21 heavy (non-hydrogen) atoms. The number of terminal acetylenes is 1. The van der Waals surface area contributed by atoms with Crippen molar-refractivity contribution in [2.45, 2.75) is 0 Å². The van der Waals surface area contributed by atoms with Crippen LogP contribution in [0.3, 0.4) is 0 Å². The predicted octanol–water partition coefficient (Wildman–Crippen LogP) is 2.85. The molecule has 0 bridgehead atoms. The highest BCUT2D eigenvalue weighted by Gasteiger charge is 2.22. The minimum Gasteiger partial charge on any atom is -0.493 e. The SMILES string of the molecule is C#CCOc1c(Cl)cc(/C=C2/SC(=S)NC2=O)cc1OC. The number of thioether (sulfide) groups is 1. The van der Waals surface area contributed by atoms with E-state index in [-0.39, 0.29) is 12.5 Å². The van der Waals surface area contributed by atoms with E-state index in [4.69, 9.17) is 39.7 Å². The Bertz CT molecular complexity index is 680. The van der Waals surface area contributed by atoms with Gasteiger partial charge in [0, 0.05) is 0 Å². The maximum Gasteiger partial charge on any atom is 0.263 e. The number of ether oxygens (including phenoxy) is 2. The van der Waals surface area contributed by atoms with Crippen LogP contribution >= 0.6 is 35.6 Å². The molecule has 1 N–H and O–H groups in total. The van der Waals surface area contributed by atoms with Crippen molar-refractivity contribution in [3.63, 3.8) is 0 Å². The normalized spacial score (nSPS) is 15.8. The van der Waals surface area contributed by atoms with Crippen molar-refractivity contribution in [2.75, 3.05) is 13.7 Å². The van der Waals surface area contributed by atoms with E-state index in [1.165, 1.54) is 18.9 Å². The molecular formula is C14H10ClNO3S2. The Hall–Kier alpha value is -1.68. The van der Waals surface area contributed by atoms with Crippen molar-refractivity contribution in [3.8, 4) is 23.8 Å². The van der Waals surface area contributed by atoms with Gasteiger partial charge in [-0.15, -0.1) is 6.42 Å². The lowest BCUT2D eigenvalue weighted by Gasteiger charge is -2.11. The first-order valence-electron chi connectivity index (χ1n) is 5.73. The number of thiocarbonyl (C=S) groups is 1. The van der Waals surface area contributed by atoms with Gasteiger partial charge in [-0.2, -0.15) is 0 Å². The zero-order valence-corrected chi connectivity index (χ0v) is 13.3. The van der Waals surface area contributed by atoms with Gasteiger partial charge in [0.25, 0.3) is 5.91 Å². The molecule has 1 aromatic carbocycles. The van der Waals surface area contributed by atoms with Gasteiger partial charge in [0.15, 0.2) is 11.5 Å². The third kappa shape index (κ3) is 3.70. The smallest absolute Gasteiger partial charge is 0.263 e. The molecule has 0 saturated carbocycles. The standard InChI is InChI=1S/C14H10ClNO3S2/c1-3-4-19-12-9(15)5-8(6-10(12)18-2)7-11-13(17)16-14(20)21-11/h1,5-7H,4H2,2H3,(H,16,17,20)/b11-7+. The van der Waals surface area contributed by atoms with Crippen LogP contribution in [-0.2, 0) is 4.79 Å². The lowest BCUT2D eigenvalue weighted by molar-refractivity contribution is -0.115. The lowest BCUT2D eigenvalue weighted by atomic mass is 10.2. The molecule has 7 heteroatoms. The van der Waals surface area contributed by atoms with Crippen LogP contribution in [0.2, 0.25) is 5.02 Å². The van der Waals surface area contributed by atoms with Crippen LogP contribution in [0.1, 0.15) is 5.56 Å². The molecule has 0 spiro atoms. The summed E-state index contributed by atoms with van der Waals surface area (Å²) in [4.78, 5) is 12.1. The molecule has 0 unspecified atom stereocenters. The van der Waals surface area contributed by atoms with Crippen LogP contribution in [0.15, 0.2) is 17.0 Å². The molecule has 1 heterocycles. The molecule has 2 rings (SSSR count). The molecular weight excluding hydrogens is 330 g/mol. The van der Waals surface area contributed by atoms with Gasteiger partial charge >= 0.3 is 0 Å². The maximum atomic E-state index is 11.6. The van der Waals surface area contributed by atoms with Gasteiger partial charge in [-0.3, -0.25) is 4.79 Å². The second-order valence-electron chi connectivity index (χ2n) is 3.88. The molecule has 1 fully saturated rings. The second-order valence-corrected chi connectivity index (χ2v) is 6.01. The lowest BCUT2D eigenvalue weighted by Crippen LogP contribution is -2.17. The van der Waals surface area contributed by atoms with Crippen molar-refractivity contribution in [2.24, 2.45) is 0 Å². The summed E-state index contributed by atoms with van der Waals surface area (Å²) in [5.74, 6) is 2.94. The minimum absolute atomic E-state index is 0.0864. The molecule has 1 aliphatic rings. The summed E-state index contributed by atoms with van der Waals surface area (Å²) in [6, 6.07) is 3.37. The predicted molar refractivity (Wildman–Crippen MR) is 88.6 cm³/mol. The van der Waals surface area contributed by atoms with E-state index in [0.29, 0.717) is 31.3 Å². The highest BCUT2D eigenvalue weighted by atomic mass is 35.5. The molecule has 0 aromatic heterocycles. The zero-order chi connectivity index (χ0) is 15.4. The number of methoxy groups -OCH3 is 1. The van der Waals surface area contributed by atoms with Crippen molar-refractivity contribution < 1.29 is 14.3 Å². The summed E-state index contributed by atoms with van der Waals surface area (Å²) in [5, 5.41) is 2.90. The summed E-state index contributed by atoms with van der Waals surface area (Å²) in [6.07, 6.45) is 6.84. The second kappa shape index (κ2) is 6.85. The Balaban J connectivity index is 2.37. The third-order valence-corrected chi connectivity index (χ3v) is 3.93. The Kier molecular flexibility index (Phi) is 5.12. The summed E-state index contributed by atoms with van der Waals surface area (Å²) >= 11 is 12.3. The third-order valence-electron chi connectivity index (χ3n) is 2.49. The highest BCUT2D eigenvalue weighted by Crippen LogP contribution is 2.37. The number of carbonyl (C=O) groups is 1. The van der Waals surface area contributed by atoms with Crippen molar-refractivity contribution >= 4 is 51.9 Å². The van der Waals surface area contributed by atoms with Crippen LogP contribution in [0.5, 0.6) is 11.5 Å². The van der Waals surface area contributed by atoms with Gasteiger partial charge in [0.1, 0.15) is 10.9 Å². The number of carbonyl (C=O) groups excluding carboxylic acids is 1. The summed E-state index contributed by atoms with van der Waals surface area (Å²) in [6.45, 7) is 0.0864. The van der Waals surface area contributed by atoms with Crippen LogP contribution in [0, 0.1) is 12.3 Å². The van der Waals surface area contributed by atoms with E-state index in [1.807, 2.05) is 0 Å². The van der Waals surface area contributed by atoms with Crippen LogP contribution < -0.4 is 14.8 Å². The van der Waals surface area contributed by atoms with Gasteiger partial charge < -0.3 is 14.8 Å². The maximum absolute atomic E-state index is 11.6. The molecule has 0 aliphatic carbocycles. The average Bonchev–Trinajstić information content (AvgIpc) is 2.75. The number of benzene rings is 1. The number of halogens is 1. The van der Waals surface area contributed by atoms with E-state index < -0.39 is 0 Å². The fourth-order valence-corrected chi connectivity index (χ4v) is 2.97. The van der Waals surface area contributed by atoms with E-state index in [9.17, 15) is 4.79 Å². The quantitative estimate of drug-likeness (QED) is 0.519. The van der Waals surface area contributed by atoms with Crippen LogP contribution in [0.25, 0.3) is 6.08 Å². The fraction of sp³-hybridized carbons (Fsp3) is 0.143. The molecule has 1 aromatic rings. The zero-order valence-electron chi connectivity index (χ0n) is 10.9. The first kappa shape index (κ1) is 15.7. The molecule has 108 valence electrons. The number of hydrogen-bond acceptors (Lipinski definition) is 5. The van der Waals surface area contributed by atoms with Gasteiger partial charge in [0.2, 0.25) is 0 Å². The molecule has 0 radical (unpaired) electrons.